The van der Waals surface area contributed by atoms with Crippen LogP contribution in [0.5, 0.6) is 0 Å². The Morgan fingerprint density at radius 3 is 1.07 bits per heavy atom. The summed E-state index contributed by atoms with van der Waals surface area (Å²) in [5.41, 5.74) is 0. The zero-order valence-corrected chi connectivity index (χ0v) is 23.5. The van der Waals surface area contributed by atoms with Crippen LogP contribution >= 0.6 is 0 Å². The molecule has 0 aliphatic carbocycles. The summed E-state index contributed by atoms with van der Waals surface area (Å²) in [6, 6.07) is 0. The quantitative estimate of drug-likeness (QED) is 0.103. The van der Waals surface area contributed by atoms with E-state index in [4.69, 9.17) is 33.2 Å². The van der Waals surface area contributed by atoms with Gasteiger partial charge < -0.3 is 105 Å². The fourth-order valence-corrected chi connectivity index (χ4v) is 5.48. The van der Waals surface area contributed by atoms with Crippen molar-refractivity contribution in [3.63, 3.8) is 0 Å². The smallest absolute Gasteiger partial charge is 0.187 e. The van der Waals surface area contributed by atoms with Gasteiger partial charge >= 0.3 is 0 Å². The molecule has 4 rings (SSSR count). The molecule has 45 heavy (non-hydrogen) atoms. The summed E-state index contributed by atoms with van der Waals surface area (Å²) >= 11 is 0. The number of aliphatic hydroxyl groups is 14. The second-order valence-corrected chi connectivity index (χ2v) is 11.1. The van der Waals surface area contributed by atoms with Crippen molar-refractivity contribution >= 4 is 0 Å². The van der Waals surface area contributed by atoms with E-state index in [0.29, 0.717) is 0 Å². The van der Waals surface area contributed by atoms with Gasteiger partial charge in [0.1, 0.15) is 97.7 Å². The molecular weight excluding hydrogens is 624 g/mol. The Labute approximate surface area is 254 Å². The third-order valence-electron chi connectivity index (χ3n) is 8.21. The molecule has 0 aromatic rings. The lowest BCUT2D eigenvalue weighted by atomic mass is 9.96. The van der Waals surface area contributed by atoms with Crippen LogP contribution < -0.4 is 0 Å². The van der Waals surface area contributed by atoms with E-state index in [9.17, 15) is 71.5 Å². The molecule has 14 N–H and O–H groups in total. The van der Waals surface area contributed by atoms with E-state index in [1.54, 1.807) is 0 Å². The molecular formula is C24H42O21. The lowest BCUT2D eigenvalue weighted by Crippen LogP contribution is -2.68. The zero-order chi connectivity index (χ0) is 33.3. The maximum absolute atomic E-state index is 11.0. The average molecular weight is 667 g/mol. The van der Waals surface area contributed by atoms with Crippen molar-refractivity contribution in [2.45, 2.75) is 123 Å². The number of hydrogen-bond donors (Lipinski definition) is 14. The Kier molecular flexibility index (Phi) is 12.8. The lowest BCUT2D eigenvalue weighted by molar-refractivity contribution is -0.405. The van der Waals surface area contributed by atoms with Gasteiger partial charge in [-0.15, -0.1) is 0 Å². The standard InChI is InChI=1S/C24H42O21/c25-1-5-10(30)14(34)18(21(38)39-5)43-23-20(16(36)12(32)7(3-27)41-23)45-24-19(15(35)11(31)8(4-28)42-24)44-22-17(37)13(33)9(29)6(2-26)40-22/h5-38H,1-4H2/t5-,6-,7-,8-,9+,10-,11+,12-,13+,14+,15+,16+,17-,18+,19-,20+,21+,22-,23-,24-/m1/s1. The van der Waals surface area contributed by atoms with Crippen molar-refractivity contribution < 1.29 is 105 Å². The molecule has 0 aromatic heterocycles. The predicted molar refractivity (Wildman–Crippen MR) is 134 cm³/mol. The third kappa shape index (κ3) is 7.44. The first-order chi connectivity index (χ1) is 21.3. The molecule has 20 atom stereocenters. The van der Waals surface area contributed by atoms with Gasteiger partial charge in [-0.25, -0.2) is 0 Å². The van der Waals surface area contributed by atoms with Crippen LogP contribution in [0.25, 0.3) is 0 Å². The van der Waals surface area contributed by atoms with Gasteiger partial charge in [0.05, 0.1) is 26.4 Å². The highest BCUT2D eigenvalue weighted by atomic mass is 16.8. The first kappa shape index (κ1) is 37.0. The van der Waals surface area contributed by atoms with E-state index in [0.717, 1.165) is 0 Å². The molecule has 264 valence electrons. The summed E-state index contributed by atoms with van der Waals surface area (Å²) in [7, 11) is 0. The minimum Gasteiger partial charge on any atom is -0.394 e. The normalized spacial score (nSPS) is 52.9. The molecule has 4 saturated heterocycles. The van der Waals surface area contributed by atoms with Gasteiger partial charge in [0, 0.05) is 0 Å². The maximum Gasteiger partial charge on any atom is 0.187 e. The molecule has 21 heteroatoms. The molecule has 4 fully saturated rings. The van der Waals surface area contributed by atoms with Crippen molar-refractivity contribution in [2.75, 3.05) is 26.4 Å². The Morgan fingerprint density at radius 1 is 0.333 bits per heavy atom. The highest BCUT2D eigenvalue weighted by molar-refractivity contribution is 4.97. The van der Waals surface area contributed by atoms with Gasteiger partial charge in [-0.1, -0.05) is 0 Å². The van der Waals surface area contributed by atoms with Gasteiger partial charge in [0.2, 0.25) is 0 Å². The van der Waals surface area contributed by atoms with E-state index in [2.05, 4.69) is 0 Å². The fourth-order valence-electron chi connectivity index (χ4n) is 5.48. The molecule has 0 bridgehead atoms. The van der Waals surface area contributed by atoms with Crippen LogP contribution in [-0.2, 0) is 33.2 Å². The van der Waals surface area contributed by atoms with Gasteiger partial charge in [-0.2, -0.15) is 0 Å². The molecule has 4 aliphatic heterocycles. The third-order valence-corrected chi connectivity index (χ3v) is 8.21. The minimum atomic E-state index is -2.03. The van der Waals surface area contributed by atoms with Crippen LogP contribution in [0.1, 0.15) is 0 Å². The largest absolute Gasteiger partial charge is 0.394 e. The Balaban J connectivity index is 1.61. The predicted octanol–water partition coefficient (Wildman–Crippen LogP) is -9.75. The number of rotatable bonds is 10. The van der Waals surface area contributed by atoms with E-state index in [-0.39, 0.29) is 0 Å². The number of ether oxygens (including phenoxy) is 7. The number of hydrogen-bond acceptors (Lipinski definition) is 21. The van der Waals surface area contributed by atoms with E-state index < -0.39 is 149 Å². The van der Waals surface area contributed by atoms with E-state index in [1.807, 2.05) is 0 Å². The van der Waals surface area contributed by atoms with Crippen LogP contribution in [0.3, 0.4) is 0 Å². The fraction of sp³-hybridized carbons (Fsp3) is 1.00. The summed E-state index contributed by atoms with van der Waals surface area (Å²) in [5.74, 6) is 0. The Hall–Kier alpha value is -0.840. The summed E-state index contributed by atoms with van der Waals surface area (Å²) < 4.78 is 38.3. The van der Waals surface area contributed by atoms with Crippen molar-refractivity contribution in [1.82, 2.24) is 0 Å². The second kappa shape index (κ2) is 15.6. The average Bonchev–Trinajstić information content (AvgIpc) is 3.03. The minimum absolute atomic E-state index is 0.791. The molecule has 4 heterocycles. The van der Waals surface area contributed by atoms with Crippen LogP contribution in [0.4, 0.5) is 0 Å². The van der Waals surface area contributed by atoms with Gasteiger partial charge in [-0.05, 0) is 0 Å². The highest BCUT2D eigenvalue weighted by Gasteiger charge is 2.55. The molecule has 0 spiro atoms. The molecule has 0 radical (unpaired) electrons. The van der Waals surface area contributed by atoms with Crippen LogP contribution in [-0.4, -0.2) is 221 Å². The summed E-state index contributed by atoms with van der Waals surface area (Å²) in [6.07, 6.45) is -36.6. The van der Waals surface area contributed by atoms with Crippen molar-refractivity contribution in [1.29, 1.82) is 0 Å². The molecule has 4 aliphatic rings. The van der Waals surface area contributed by atoms with Crippen molar-refractivity contribution in [2.24, 2.45) is 0 Å². The molecule has 0 aromatic carbocycles. The molecule has 0 amide bonds. The van der Waals surface area contributed by atoms with E-state index in [1.165, 1.54) is 0 Å². The summed E-state index contributed by atoms with van der Waals surface area (Å²) in [6.45, 7) is -3.41. The lowest BCUT2D eigenvalue weighted by Gasteiger charge is -2.49. The monoisotopic (exact) mass is 666 g/mol. The highest BCUT2D eigenvalue weighted by Crippen LogP contribution is 2.34. The van der Waals surface area contributed by atoms with Gasteiger partial charge in [-0.3, -0.25) is 0 Å². The van der Waals surface area contributed by atoms with Crippen molar-refractivity contribution in [3.8, 4) is 0 Å². The maximum atomic E-state index is 11.0. The van der Waals surface area contributed by atoms with Crippen LogP contribution in [0, 0.1) is 0 Å². The van der Waals surface area contributed by atoms with Crippen LogP contribution in [0.2, 0.25) is 0 Å². The first-order valence-electron chi connectivity index (χ1n) is 14.1. The van der Waals surface area contributed by atoms with Crippen LogP contribution in [0.15, 0.2) is 0 Å². The second-order valence-electron chi connectivity index (χ2n) is 11.1. The topological polar surface area (TPSA) is 348 Å². The molecule has 0 saturated carbocycles. The zero-order valence-electron chi connectivity index (χ0n) is 23.5. The molecule has 0 unspecified atom stereocenters. The van der Waals surface area contributed by atoms with Gasteiger partial charge in [0.15, 0.2) is 25.2 Å². The van der Waals surface area contributed by atoms with Gasteiger partial charge in [0.25, 0.3) is 0 Å². The summed E-state index contributed by atoms with van der Waals surface area (Å²) in [5, 5.41) is 143. The Bertz CT molecular complexity index is 916. The first-order valence-corrected chi connectivity index (χ1v) is 14.1. The Morgan fingerprint density at radius 2 is 0.644 bits per heavy atom. The summed E-state index contributed by atoms with van der Waals surface area (Å²) in [4.78, 5) is 0. The van der Waals surface area contributed by atoms with Crippen molar-refractivity contribution in [3.05, 3.63) is 0 Å². The number of aliphatic hydroxyl groups excluding tert-OH is 14. The van der Waals surface area contributed by atoms with E-state index >= 15 is 0 Å². The SMILES string of the molecule is OC[C@H]1O[C@H](O[C@H]2[C@@H](O[C@@H]3[C@@H](O[C@H]4[C@@H](O)[C@H](O)[C@@H](CO)O[C@@H]4O)O[C@H](CO)[C@@H](O)[C@@H]3O)O[C@H](CO)[C@H](O)[C@@H]2O)[C@H](O)[C@@H](O)[C@H]1O. The molecule has 21 nitrogen and oxygen atoms in total.